The van der Waals surface area contributed by atoms with Gasteiger partial charge < -0.3 is 5.73 Å². The van der Waals surface area contributed by atoms with E-state index in [0.29, 0.717) is 6.04 Å². The van der Waals surface area contributed by atoms with Crippen LogP contribution in [-0.2, 0) is 12.8 Å². The predicted molar refractivity (Wildman–Crippen MR) is 56.3 cm³/mol. The van der Waals surface area contributed by atoms with Gasteiger partial charge in [-0.25, -0.2) is 0 Å². The van der Waals surface area contributed by atoms with Crippen LogP contribution in [0.25, 0.3) is 0 Å². The van der Waals surface area contributed by atoms with Gasteiger partial charge >= 0.3 is 0 Å². The van der Waals surface area contributed by atoms with Crippen molar-refractivity contribution < 1.29 is 0 Å². The average molecular weight is 204 g/mol. The Morgan fingerprint density at radius 1 is 1.58 bits per heavy atom. The molecule has 0 spiro atoms. The lowest BCUT2D eigenvalue weighted by Gasteiger charge is -2.18. The van der Waals surface area contributed by atoms with E-state index in [-0.39, 0.29) is 12.4 Å². The Balaban J connectivity index is 0.000000720. The van der Waals surface area contributed by atoms with E-state index in [0.717, 1.165) is 6.42 Å². The van der Waals surface area contributed by atoms with E-state index in [9.17, 15) is 0 Å². The van der Waals surface area contributed by atoms with Gasteiger partial charge in [-0.05, 0) is 42.7 Å². The van der Waals surface area contributed by atoms with Gasteiger partial charge in [0.2, 0.25) is 0 Å². The molecule has 68 valence electrons. The normalized spacial score (nSPS) is 21.3. The van der Waals surface area contributed by atoms with Crippen LogP contribution < -0.4 is 5.73 Å². The van der Waals surface area contributed by atoms with Crippen molar-refractivity contribution in [1.82, 2.24) is 0 Å². The summed E-state index contributed by atoms with van der Waals surface area (Å²) in [5.41, 5.74) is 8.86. The number of hydrogen-bond acceptors (Lipinski definition) is 2. The van der Waals surface area contributed by atoms with Gasteiger partial charge in [-0.3, -0.25) is 0 Å². The maximum absolute atomic E-state index is 5.88. The average Bonchev–Trinajstić information content (AvgIpc) is 2.33. The van der Waals surface area contributed by atoms with Crippen molar-refractivity contribution in [2.45, 2.75) is 32.2 Å². The molecule has 0 saturated carbocycles. The van der Waals surface area contributed by atoms with Crippen LogP contribution in [0.3, 0.4) is 0 Å². The molecule has 0 bridgehead atoms. The molecule has 1 nitrogen and oxygen atoms in total. The summed E-state index contributed by atoms with van der Waals surface area (Å²) >= 11 is 1.90. The van der Waals surface area contributed by atoms with Gasteiger partial charge in [-0.2, -0.15) is 0 Å². The van der Waals surface area contributed by atoms with Crippen molar-refractivity contribution in [2.24, 2.45) is 5.73 Å². The van der Waals surface area contributed by atoms with Crippen LogP contribution in [0.15, 0.2) is 5.38 Å². The first-order chi connectivity index (χ1) is 5.27. The van der Waals surface area contributed by atoms with Crippen molar-refractivity contribution in [3.63, 3.8) is 0 Å². The molecule has 2 rings (SSSR count). The third-order valence-electron chi connectivity index (χ3n) is 2.40. The zero-order valence-electron chi connectivity index (χ0n) is 7.17. The molecule has 1 atom stereocenters. The third kappa shape index (κ3) is 1.65. The molecule has 1 heterocycles. The smallest absolute Gasteiger partial charge is 0.00832 e. The minimum Gasteiger partial charge on any atom is -0.327 e. The van der Waals surface area contributed by atoms with Gasteiger partial charge in [-0.15, -0.1) is 23.7 Å². The van der Waals surface area contributed by atoms with Gasteiger partial charge in [-0.1, -0.05) is 0 Å². The second-order valence-corrected chi connectivity index (χ2v) is 4.29. The highest BCUT2D eigenvalue weighted by atomic mass is 35.5. The summed E-state index contributed by atoms with van der Waals surface area (Å²) in [6, 6.07) is 0.413. The number of aryl methyl sites for hydroxylation is 2. The standard InChI is InChI=1S/C9H13NS.ClH/c1-6-5-11-9-3-2-7(10)4-8(6)9;/h5,7H,2-4,10H2,1H3;1H. The molecule has 2 N–H and O–H groups in total. The van der Waals surface area contributed by atoms with E-state index in [1.165, 1.54) is 24.0 Å². The molecule has 0 aromatic carbocycles. The summed E-state index contributed by atoms with van der Waals surface area (Å²) in [6.45, 7) is 2.19. The largest absolute Gasteiger partial charge is 0.327 e. The first-order valence-corrected chi connectivity index (χ1v) is 4.97. The van der Waals surface area contributed by atoms with Crippen LogP contribution in [0.2, 0.25) is 0 Å². The summed E-state index contributed by atoms with van der Waals surface area (Å²) < 4.78 is 0. The molecule has 0 radical (unpaired) electrons. The van der Waals surface area contributed by atoms with E-state index in [1.54, 1.807) is 4.88 Å². The quantitative estimate of drug-likeness (QED) is 0.688. The molecule has 1 aromatic heterocycles. The molecule has 1 aliphatic carbocycles. The summed E-state index contributed by atoms with van der Waals surface area (Å²) in [6.07, 6.45) is 3.48. The van der Waals surface area contributed by atoms with Crippen LogP contribution in [0.1, 0.15) is 22.4 Å². The van der Waals surface area contributed by atoms with Crippen LogP contribution in [0.4, 0.5) is 0 Å². The van der Waals surface area contributed by atoms with E-state index >= 15 is 0 Å². The van der Waals surface area contributed by atoms with E-state index in [2.05, 4.69) is 12.3 Å². The van der Waals surface area contributed by atoms with E-state index in [4.69, 9.17) is 5.73 Å². The van der Waals surface area contributed by atoms with Gasteiger partial charge in [0.1, 0.15) is 0 Å². The molecule has 12 heavy (non-hydrogen) atoms. The monoisotopic (exact) mass is 203 g/mol. The summed E-state index contributed by atoms with van der Waals surface area (Å²) in [4.78, 5) is 1.57. The van der Waals surface area contributed by atoms with Crippen molar-refractivity contribution >= 4 is 23.7 Å². The molecule has 3 heteroatoms. The number of hydrogen-bond donors (Lipinski definition) is 1. The van der Waals surface area contributed by atoms with E-state index in [1.807, 2.05) is 11.3 Å². The molecule has 0 aliphatic heterocycles. The predicted octanol–water partition coefficient (Wildman–Crippen LogP) is 2.29. The number of thiophene rings is 1. The third-order valence-corrected chi connectivity index (χ3v) is 3.61. The van der Waals surface area contributed by atoms with Gasteiger partial charge in [0, 0.05) is 10.9 Å². The Labute approximate surface area is 83.4 Å². The Morgan fingerprint density at radius 3 is 3.08 bits per heavy atom. The molecular weight excluding hydrogens is 190 g/mol. The second kappa shape index (κ2) is 3.77. The fourth-order valence-corrected chi connectivity index (χ4v) is 2.77. The number of fused-ring (bicyclic) bond motifs is 1. The molecule has 0 fully saturated rings. The van der Waals surface area contributed by atoms with Gasteiger partial charge in [0.05, 0.1) is 0 Å². The summed E-state index contributed by atoms with van der Waals surface area (Å²) in [5, 5.41) is 2.25. The first kappa shape index (κ1) is 10.0. The SMILES string of the molecule is Cc1csc2c1CC(N)CC2.Cl. The molecule has 1 aliphatic rings. The highest BCUT2D eigenvalue weighted by Gasteiger charge is 2.17. The van der Waals surface area contributed by atoms with Crippen molar-refractivity contribution in [3.05, 3.63) is 21.4 Å². The van der Waals surface area contributed by atoms with Crippen LogP contribution in [-0.4, -0.2) is 6.04 Å². The first-order valence-electron chi connectivity index (χ1n) is 4.09. The Morgan fingerprint density at radius 2 is 2.33 bits per heavy atom. The number of nitrogens with two attached hydrogens (primary N) is 1. The molecular formula is C9H14ClNS. The van der Waals surface area contributed by atoms with Crippen LogP contribution in [0, 0.1) is 6.92 Å². The fraction of sp³-hybridized carbons (Fsp3) is 0.556. The summed E-state index contributed by atoms with van der Waals surface area (Å²) in [7, 11) is 0. The topological polar surface area (TPSA) is 26.0 Å². The van der Waals surface area contributed by atoms with Crippen molar-refractivity contribution in [1.29, 1.82) is 0 Å². The minimum absolute atomic E-state index is 0. The lowest BCUT2D eigenvalue weighted by Crippen LogP contribution is -2.27. The fourth-order valence-electron chi connectivity index (χ4n) is 1.69. The van der Waals surface area contributed by atoms with Crippen LogP contribution >= 0.6 is 23.7 Å². The Kier molecular flexibility index (Phi) is 3.16. The number of halogens is 1. The Bertz CT molecular complexity index is 269. The Hall–Kier alpha value is -0.0500. The van der Waals surface area contributed by atoms with Gasteiger partial charge in [0.25, 0.3) is 0 Å². The lowest BCUT2D eigenvalue weighted by molar-refractivity contribution is 0.581. The van der Waals surface area contributed by atoms with Gasteiger partial charge in [0.15, 0.2) is 0 Å². The molecule has 0 amide bonds. The zero-order chi connectivity index (χ0) is 7.84. The second-order valence-electron chi connectivity index (χ2n) is 3.32. The molecule has 1 aromatic rings. The lowest BCUT2D eigenvalue weighted by atomic mass is 9.93. The van der Waals surface area contributed by atoms with Crippen LogP contribution in [0.5, 0.6) is 0 Å². The number of rotatable bonds is 0. The van der Waals surface area contributed by atoms with Crippen molar-refractivity contribution in [2.75, 3.05) is 0 Å². The highest BCUT2D eigenvalue weighted by molar-refractivity contribution is 7.10. The maximum atomic E-state index is 5.88. The van der Waals surface area contributed by atoms with E-state index < -0.39 is 0 Å². The minimum atomic E-state index is 0. The molecule has 0 saturated heterocycles. The summed E-state index contributed by atoms with van der Waals surface area (Å²) in [5.74, 6) is 0. The molecule has 1 unspecified atom stereocenters. The zero-order valence-corrected chi connectivity index (χ0v) is 8.80. The highest BCUT2D eigenvalue weighted by Crippen LogP contribution is 2.28. The van der Waals surface area contributed by atoms with Crippen molar-refractivity contribution in [3.8, 4) is 0 Å². The maximum Gasteiger partial charge on any atom is 0.00832 e.